The Balaban J connectivity index is 1.82. The molecule has 0 aliphatic heterocycles. The summed E-state index contributed by atoms with van der Waals surface area (Å²) in [5.41, 5.74) is 1.66. The summed E-state index contributed by atoms with van der Waals surface area (Å²) in [6, 6.07) is 12.4. The van der Waals surface area contributed by atoms with Gasteiger partial charge in [0, 0.05) is 31.8 Å². The SMILES string of the molecule is Cc1ccccc1C(O)CNC(=O)CCn1ccccc1=O. The minimum absolute atomic E-state index is 0.129. The molecule has 1 aromatic carbocycles. The van der Waals surface area contributed by atoms with Crippen LogP contribution in [0.25, 0.3) is 0 Å². The number of benzene rings is 1. The highest BCUT2D eigenvalue weighted by Crippen LogP contribution is 2.16. The fraction of sp³-hybridized carbons (Fsp3) is 0.294. The van der Waals surface area contributed by atoms with Gasteiger partial charge in [0.15, 0.2) is 0 Å². The largest absolute Gasteiger partial charge is 0.387 e. The van der Waals surface area contributed by atoms with E-state index in [9.17, 15) is 14.7 Å². The number of hydrogen-bond acceptors (Lipinski definition) is 3. The monoisotopic (exact) mass is 300 g/mol. The number of aryl methyl sites for hydroxylation is 2. The average molecular weight is 300 g/mol. The van der Waals surface area contributed by atoms with E-state index in [4.69, 9.17) is 0 Å². The lowest BCUT2D eigenvalue weighted by Gasteiger charge is -2.14. The van der Waals surface area contributed by atoms with Crippen molar-refractivity contribution in [3.05, 3.63) is 70.1 Å². The summed E-state index contributed by atoms with van der Waals surface area (Å²) in [6.45, 7) is 2.40. The number of aliphatic hydroxyl groups excluding tert-OH is 1. The minimum Gasteiger partial charge on any atom is -0.387 e. The number of hydrogen-bond donors (Lipinski definition) is 2. The molecule has 1 heterocycles. The summed E-state index contributed by atoms with van der Waals surface area (Å²) >= 11 is 0. The number of nitrogens with one attached hydrogen (secondary N) is 1. The number of amides is 1. The lowest BCUT2D eigenvalue weighted by molar-refractivity contribution is -0.121. The molecule has 2 aromatic rings. The zero-order valence-electron chi connectivity index (χ0n) is 12.5. The van der Waals surface area contributed by atoms with Crippen molar-refractivity contribution < 1.29 is 9.90 Å². The van der Waals surface area contributed by atoms with Crippen molar-refractivity contribution in [3.8, 4) is 0 Å². The maximum atomic E-state index is 11.8. The molecule has 5 heteroatoms. The number of carbonyl (C=O) groups is 1. The Morgan fingerprint density at radius 1 is 1.23 bits per heavy atom. The first-order valence-electron chi connectivity index (χ1n) is 7.23. The molecule has 0 aliphatic carbocycles. The number of aliphatic hydroxyl groups is 1. The normalized spacial score (nSPS) is 11.9. The molecule has 0 spiro atoms. The highest BCUT2D eigenvalue weighted by Gasteiger charge is 2.11. The van der Waals surface area contributed by atoms with Crippen LogP contribution in [0.4, 0.5) is 0 Å². The molecule has 0 saturated carbocycles. The molecule has 1 atom stereocenters. The van der Waals surface area contributed by atoms with Crippen LogP contribution in [0.1, 0.15) is 23.7 Å². The third kappa shape index (κ3) is 4.30. The van der Waals surface area contributed by atoms with Gasteiger partial charge in [0.25, 0.3) is 5.56 Å². The van der Waals surface area contributed by atoms with Crippen molar-refractivity contribution in [2.75, 3.05) is 6.54 Å². The zero-order chi connectivity index (χ0) is 15.9. The first kappa shape index (κ1) is 16.0. The van der Waals surface area contributed by atoms with E-state index in [-0.39, 0.29) is 24.4 Å². The molecule has 0 radical (unpaired) electrons. The van der Waals surface area contributed by atoms with Crippen LogP contribution in [-0.4, -0.2) is 22.1 Å². The van der Waals surface area contributed by atoms with Crippen molar-refractivity contribution in [3.63, 3.8) is 0 Å². The second kappa shape index (κ2) is 7.56. The minimum atomic E-state index is -0.732. The van der Waals surface area contributed by atoms with Crippen molar-refractivity contribution in [1.82, 2.24) is 9.88 Å². The molecule has 116 valence electrons. The molecule has 22 heavy (non-hydrogen) atoms. The molecule has 0 aliphatic rings. The second-order valence-corrected chi connectivity index (χ2v) is 5.16. The predicted octanol–water partition coefficient (Wildman–Crippen LogP) is 1.40. The standard InChI is InChI=1S/C17H20N2O3/c1-13-6-2-3-7-14(13)15(20)12-18-16(21)9-11-19-10-5-4-8-17(19)22/h2-8,10,15,20H,9,11-12H2,1H3,(H,18,21). The Hall–Kier alpha value is -2.40. The number of aromatic nitrogens is 1. The maximum absolute atomic E-state index is 11.8. The summed E-state index contributed by atoms with van der Waals surface area (Å²) in [5.74, 6) is -0.191. The van der Waals surface area contributed by atoms with E-state index in [0.717, 1.165) is 11.1 Å². The van der Waals surface area contributed by atoms with Gasteiger partial charge in [-0.3, -0.25) is 9.59 Å². The van der Waals surface area contributed by atoms with E-state index in [0.29, 0.717) is 6.54 Å². The highest BCUT2D eigenvalue weighted by atomic mass is 16.3. The van der Waals surface area contributed by atoms with Crippen LogP contribution < -0.4 is 10.9 Å². The van der Waals surface area contributed by atoms with Gasteiger partial charge in [-0.1, -0.05) is 30.3 Å². The lowest BCUT2D eigenvalue weighted by Crippen LogP contribution is -2.30. The van der Waals surface area contributed by atoms with Crippen LogP contribution in [0.3, 0.4) is 0 Å². The van der Waals surface area contributed by atoms with Crippen molar-refractivity contribution >= 4 is 5.91 Å². The summed E-state index contributed by atoms with van der Waals surface area (Å²) in [4.78, 5) is 23.3. The maximum Gasteiger partial charge on any atom is 0.250 e. The van der Waals surface area contributed by atoms with Crippen LogP contribution in [0.15, 0.2) is 53.5 Å². The highest BCUT2D eigenvalue weighted by molar-refractivity contribution is 5.75. The Morgan fingerprint density at radius 3 is 2.68 bits per heavy atom. The van der Waals surface area contributed by atoms with Gasteiger partial charge in [-0.2, -0.15) is 0 Å². The number of nitrogens with zero attached hydrogens (tertiary/aromatic N) is 1. The molecular weight excluding hydrogens is 280 g/mol. The lowest BCUT2D eigenvalue weighted by atomic mass is 10.0. The summed E-state index contributed by atoms with van der Waals surface area (Å²) in [5, 5.41) is 12.8. The first-order chi connectivity index (χ1) is 10.6. The van der Waals surface area contributed by atoms with E-state index >= 15 is 0 Å². The van der Waals surface area contributed by atoms with Crippen molar-refractivity contribution in [2.45, 2.75) is 26.0 Å². The third-order valence-electron chi connectivity index (χ3n) is 3.52. The Kier molecular flexibility index (Phi) is 5.49. The molecule has 0 saturated heterocycles. The van der Waals surface area contributed by atoms with Gasteiger partial charge < -0.3 is 15.0 Å². The van der Waals surface area contributed by atoms with E-state index in [1.165, 1.54) is 10.6 Å². The predicted molar refractivity (Wildman–Crippen MR) is 84.5 cm³/mol. The molecule has 2 N–H and O–H groups in total. The van der Waals surface area contributed by atoms with Gasteiger partial charge in [0.05, 0.1) is 6.10 Å². The Labute approximate surface area is 129 Å². The smallest absolute Gasteiger partial charge is 0.250 e. The summed E-state index contributed by atoms with van der Waals surface area (Å²) in [7, 11) is 0. The molecule has 1 aromatic heterocycles. The first-order valence-corrected chi connectivity index (χ1v) is 7.23. The van der Waals surface area contributed by atoms with Crippen LogP contribution in [0.5, 0.6) is 0 Å². The van der Waals surface area contributed by atoms with Gasteiger partial charge in [-0.25, -0.2) is 0 Å². The molecule has 0 fully saturated rings. The van der Waals surface area contributed by atoms with E-state index in [1.807, 2.05) is 31.2 Å². The molecular formula is C17H20N2O3. The van der Waals surface area contributed by atoms with Gasteiger partial charge >= 0.3 is 0 Å². The van der Waals surface area contributed by atoms with Gasteiger partial charge in [-0.15, -0.1) is 0 Å². The second-order valence-electron chi connectivity index (χ2n) is 5.16. The van der Waals surface area contributed by atoms with Crippen molar-refractivity contribution in [2.24, 2.45) is 0 Å². The molecule has 1 unspecified atom stereocenters. The van der Waals surface area contributed by atoms with Crippen LogP contribution in [-0.2, 0) is 11.3 Å². The quantitative estimate of drug-likeness (QED) is 0.847. The Morgan fingerprint density at radius 2 is 1.95 bits per heavy atom. The number of carbonyl (C=O) groups excluding carboxylic acids is 1. The molecule has 1 amide bonds. The Bertz CT molecular complexity index is 694. The molecule has 2 rings (SSSR count). The average Bonchev–Trinajstić information content (AvgIpc) is 2.52. The van der Waals surface area contributed by atoms with E-state index in [2.05, 4.69) is 5.32 Å². The van der Waals surface area contributed by atoms with E-state index in [1.54, 1.807) is 18.3 Å². The molecule has 5 nitrogen and oxygen atoms in total. The topological polar surface area (TPSA) is 71.3 Å². The van der Waals surface area contributed by atoms with E-state index < -0.39 is 6.10 Å². The fourth-order valence-electron chi connectivity index (χ4n) is 2.24. The fourth-order valence-corrected chi connectivity index (χ4v) is 2.24. The summed E-state index contributed by atoms with van der Waals surface area (Å²) in [6.07, 6.45) is 1.12. The number of pyridine rings is 1. The van der Waals surface area contributed by atoms with Crippen LogP contribution in [0.2, 0.25) is 0 Å². The van der Waals surface area contributed by atoms with Crippen LogP contribution in [0, 0.1) is 6.92 Å². The zero-order valence-corrected chi connectivity index (χ0v) is 12.5. The number of rotatable bonds is 6. The van der Waals surface area contributed by atoms with Gasteiger partial charge in [-0.05, 0) is 24.1 Å². The van der Waals surface area contributed by atoms with Crippen molar-refractivity contribution in [1.29, 1.82) is 0 Å². The molecule has 0 bridgehead atoms. The van der Waals surface area contributed by atoms with Crippen LogP contribution >= 0.6 is 0 Å². The van der Waals surface area contributed by atoms with Gasteiger partial charge in [0.2, 0.25) is 5.91 Å². The summed E-state index contributed by atoms with van der Waals surface area (Å²) < 4.78 is 1.48. The third-order valence-corrected chi connectivity index (χ3v) is 3.52. The van der Waals surface area contributed by atoms with Gasteiger partial charge in [0.1, 0.15) is 0 Å².